The number of amides is 2. The lowest BCUT2D eigenvalue weighted by molar-refractivity contribution is -0.129. The van der Waals surface area contributed by atoms with Gasteiger partial charge in [-0.05, 0) is 47.9 Å². The van der Waals surface area contributed by atoms with Crippen molar-refractivity contribution in [2.75, 3.05) is 20.2 Å². The number of likely N-dealkylation sites (tertiary alicyclic amines) is 1. The van der Waals surface area contributed by atoms with Crippen LogP contribution in [-0.2, 0) is 22.6 Å². The molecule has 30 heavy (non-hydrogen) atoms. The third-order valence-corrected chi connectivity index (χ3v) is 5.54. The number of halogens is 1. The molecule has 1 atom stereocenters. The van der Waals surface area contributed by atoms with Gasteiger partial charge in [-0.25, -0.2) is 4.39 Å². The first-order valence-corrected chi connectivity index (χ1v) is 9.97. The van der Waals surface area contributed by atoms with Gasteiger partial charge in [0.15, 0.2) is 0 Å². The summed E-state index contributed by atoms with van der Waals surface area (Å²) in [6, 6.07) is 12.2. The van der Waals surface area contributed by atoms with Crippen LogP contribution < -0.4 is 10.1 Å². The first-order valence-electron chi connectivity index (χ1n) is 9.97. The van der Waals surface area contributed by atoms with Crippen molar-refractivity contribution >= 4 is 22.7 Å². The summed E-state index contributed by atoms with van der Waals surface area (Å²) in [5.74, 6) is 0.0299. The summed E-state index contributed by atoms with van der Waals surface area (Å²) < 4.78 is 18.4. The molecule has 2 amide bonds. The average molecular weight is 409 g/mol. The molecule has 1 unspecified atom stereocenters. The van der Waals surface area contributed by atoms with Crippen molar-refractivity contribution in [1.82, 2.24) is 15.2 Å². The van der Waals surface area contributed by atoms with Crippen LogP contribution in [0.5, 0.6) is 5.75 Å². The number of methoxy groups -OCH3 is 1. The molecule has 1 aliphatic rings. The van der Waals surface area contributed by atoms with Crippen LogP contribution in [0.25, 0.3) is 10.9 Å². The van der Waals surface area contributed by atoms with Crippen molar-refractivity contribution < 1.29 is 18.7 Å². The van der Waals surface area contributed by atoms with Gasteiger partial charge in [-0.15, -0.1) is 0 Å². The number of nitrogens with zero attached hydrogens (tertiary/aromatic N) is 1. The zero-order valence-corrected chi connectivity index (χ0v) is 16.8. The molecule has 0 saturated carbocycles. The van der Waals surface area contributed by atoms with Gasteiger partial charge in [-0.1, -0.05) is 12.1 Å². The van der Waals surface area contributed by atoms with Gasteiger partial charge < -0.3 is 19.9 Å². The van der Waals surface area contributed by atoms with E-state index in [0.717, 1.165) is 27.8 Å². The normalized spacial score (nSPS) is 16.3. The van der Waals surface area contributed by atoms with Gasteiger partial charge in [0.2, 0.25) is 11.8 Å². The van der Waals surface area contributed by atoms with Gasteiger partial charge in [0.1, 0.15) is 11.6 Å². The highest BCUT2D eigenvalue weighted by molar-refractivity contribution is 5.89. The van der Waals surface area contributed by atoms with Crippen LogP contribution in [0, 0.1) is 11.7 Å². The van der Waals surface area contributed by atoms with E-state index in [1.807, 2.05) is 30.5 Å². The Hall–Kier alpha value is -3.35. The van der Waals surface area contributed by atoms with E-state index in [0.29, 0.717) is 26.1 Å². The highest BCUT2D eigenvalue weighted by atomic mass is 19.1. The molecule has 2 heterocycles. The maximum atomic E-state index is 13.3. The molecule has 0 aliphatic carbocycles. The highest BCUT2D eigenvalue weighted by Gasteiger charge is 2.34. The van der Waals surface area contributed by atoms with E-state index in [4.69, 9.17) is 4.74 Å². The third kappa shape index (κ3) is 4.30. The van der Waals surface area contributed by atoms with Gasteiger partial charge in [0.25, 0.3) is 0 Å². The highest BCUT2D eigenvalue weighted by Crippen LogP contribution is 2.22. The Morgan fingerprint density at radius 3 is 2.83 bits per heavy atom. The Morgan fingerprint density at radius 2 is 2.07 bits per heavy atom. The van der Waals surface area contributed by atoms with E-state index in [9.17, 15) is 14.0 Å². The molecule has 0 spiro atoms. The van der Waals surface area contributed by atoms with Crippen molar-refractivity contribution in [3.63, 3.8) is 0 Å². The van der Waals surface area contributed by atoms with Gasteiger partial charge in [-0.3, -0.25) is 9.59 Å². The standard InChI is InChI=1S/C23H24FN3O3/c1-30-19-5-2-15(3-6-19)13-27-14-17(10-22(27)28)23(29)25-9-8-16-12-26-21-11-18(24)4-7-20(16)21/h2-7,11-12,17,26H,8-10,13-14H2,1H3,(H,25,29). The van der Waals surface area contributed by atoms with Crippen LogP contribution in [0.2, 0.25) is 0 Å². The van der Waals surface area contributed by atoms with Gasteiger partial charge in [0, 0.05) is 43.2 Å². The topological polar surface area (TPSA) is 74.4 Å². The van der Waals surface area contributed by atoms with E-state index in [-0.39, 0.29) is 30.0 Å². The summed E-state index contributed by atoms with van der Waals surface area (Å²) in [5.41, 5.74) is 2.77. The molecule has 6 nitrogen and oxygen atoms in total. The number of H-pyrrole nitrogens is 1. The Morgan fingerprint density at radius 1 is 1.27 bits per heavy atom. The quantitative estimate of drug-likeness (QED) is 0.630. The minimum atomic E-state index is -0.340. The fourth-order valence-corrected chi connectivity index (χ4v) is 3.88. The minimum Gasteiger partial charge on any atom is -0.497 e. The number of rotatable bonds is 7. The molecule has 1 saturated heterocycles. The van der Waals surface area contributed by atoms with Gasteiger partial charge in [-0.2, -0.15) is 0 Å². The van der Waals surface area contributed by atoms with Crippen LogP contribution in [0.1, 0.15) is 17.5 Å². The lowest BCUT2D eigenvalue weighted by atomic mass is 10.1. The van der Waals surface area contributed by atoms with Crippen molar-refractivity contribution in [2.45, 2.75) is 19.4 Å². The van der Waals surface area contributed by atoms with Crippen molar-refractivity contribution in [3.8, 4) is 5.75 Å². The SMILES string of the molecule is COc1ccc(CN2CC(C(=O)NCCc3c[nH]c4cc(F)ccc34)CC2=O)cc1. The molecule has 156 valence electrons. The molecular formula is C23H24FN3O3. The average Bonchev–Trinajstić information content (AvgIpc) is 3.31. The molecule has 3 aromatic rings. The summed E-state index contributed by atoms with van der Waals surface area (Å²) in [4.78, 5) is 29.7. The number of benzene rings is 2. The second-order valence-corrected chi connectivity index (χ2v) is 7.57. The number of carbonyl (C=O) groups excluding carboxylic acids is 2. The van der Waals surface area contributed by atoms with E-state index >= 15 is 0 Å². The van der Waals surface area contributed by atoms with E-state index < -0.39 is 0 Å². The fraction of sp³-hybridized carbons (Fsp3) is 0.304. The zero-order chi connectivity index (χ0) is 21.1. The summed E-state index contributed by atoms with van der Waals surface area (Å²) >= 11 is 0. The Bertz CT molecular complexity index is 1060. The van der Waals surface area contributed by atoms with E-state index in [1.54, 1.807) is 18.1 Å². The predicted octanol–water partition coefficient (Wildman–Crippen LogP) is 3.02. The van der Waals surface area contributed by atoms with Crippen molar-refractivity contribution in [1.29, 1.82) is 0 Å². The van der Waals surface area contributed by atoms with Crippen LogP contribution in [0.15, 0.2) is 48.7 Å². The summed E-state index contributed by atoms with van der Waals surface area (Å²) in [6.07, 6.45) is 2.70. The maximum Gasteiger partial charge on any atom is 0.225 e. The molecule has 2 aromatic carbocycles. The van der Waals surface area contributed by atoms with Crippen molar-refractivity contribution in [2.24, 2.45) is 5.92 Å². The maximum absolute atomic E-state index is 13.3. The summed E-state index contributed by atoms with van der Waals surface area (Å²) in [7, 11) is 1.61. The number of hydrogen-bond acceptors (Lipinski definition) is 3. The number of hydrogen-bond donors (Lipinski definition) is 2. The molecule has 4 rings (SSSR count). The van der Waals surface area contributed by atoms with Gasteiger partial charge >= 0.3 is 0 Å². The number of aromatic amines is 1. The minimum absolute atomic E-state index is 0.00961. The predicted molar refractivity (Wildman–Crippen MR) is 111 cm³/mol. The second-order valence-electron chi connectivity index (χ2n) is 7.57. The molecule has 1 aromatic heterocycles. The number of carbonyl (C=O) groups is 2. The molecule has 7 heteroatoms. The monoisotopic (exact) mass is 409 g/mol. The Labute approximate surface area is 174 Å². The molecule has 2 N–H and O–H groups in total. The molecule has 0 radical (unpaired) electrons. The largest absolute Gasteiger partial charge is 0.497 e. The second kappa shape index (κ2) is 8.57. The van der Waals surface area contributed by atoms with Crippen LogP contribution >= 0.6 is 0 Å². The molecule has 0 bridgehead atoms. The Kier molecular flexibility index (Phi) is 5.70. The smallest absolute Gasteiger partial charge is 0.225 e. The van der Waals surface area contributed by atoms with E-state index in [2.05, 4.69) is 10.3 Å². The number of nitrogens with one attached hydrogen (secondary N) is 2. The van der Waals surface area contributed by atoms with Crippen LogP contribution in [0.3, 0.4) is 0 Å². The van der Waals surface area contributed by atoms with Gasteiger partial charge in [0.05, 0.1) is 13.0 Å². The number of ether oxygens (including phenoxy) is 1. The van der Waals surface area contributed by atoms with E-state index in [1.165, 1.54) is 12.1 Å². The fourth-order valence-electron chi connectivity index (χ4n) is 3.88. The Balaban J connectivity index is 1.28. The van der Waals surface area contributed by atoms with Crippen LogP contribution in [0.4, 0.5) is 4.39 Å². The first kappa shape index (κ1) is 19.9. The van der Waals surface area contributed by atoms with Crippen molar-refractivity contribution in [3.05, 3.63) is 65.6 Å². The third-order valence-electron chi connectivity index (χ3n) is 5.54. The van der Waals surface area contributed by atoms with Crippen LogP contribution in [-0.4, -0.2) is 41.9 Å². The molecule has 1 aliphatic heterocycles. The zero-order valence-electron chi connectivity index (χ0n) is 16.8. The lowest BCUT2D eigenvalue weighted by Crippen LogP contribution is -2.34. The lowest BCUT2D eigenvalue weighted by Gasteiger charge is -2.17. The summed E-state index contributed by atoms with van der Waals surface area (Å²) in [6.45, 7) is 1.37. The summed E-state index contributed by atoms with van der Waals surface area (Å²) in [5, 5.41) is 3.89. The molecular weight excluding hydrogens is 385 g/mol. The number of fused-ring (bicyclic) bond motifs is 1. The molecule has 1 fully saturated rings. The first-order chi connectivity index (χ1) is 14.5. The number of aromatic nitrogens is 1.